The standard InChI is InChI=1S/C28H31ClN6OS/c1-2-6-25-34-26(20-10-12-30-24(36)17-20)27(37-25)23-11-13-31-28(33-23)32-21-9-8-19(22(29)18-21)7-5-16-35-14-3-4-15-35/h8-13,17-18H,2-7,14-16H2,1H3,(H,30,36)(H,31,32,33). The molecule has 37 heavy (non-hydrogen) atoms. The Hall–Kier alpha value is -3.07. The van der Waals surface area contributed by atoms with Crippen molar-refractivity contribution in [2.45, 2.75) is 45.4 Å². The van der Waals surface area contributed by atoms with Crippen molar-refractivity contribution in [1.82, 2.24) is 24.8 Å². The van der Waals surface area contributed by atoms with Crippen LogP contribution in [0, 0.1) is 0 Å². The first-order valence-corrected chi connectivity index (χ1v) is 14.1. The van der Waals surface area contributed by atoms with Gasteiger partial charge in [0, 0.05) is 34.7 Å². The molecule has 4 heterocycles. The van der Waals surface area contributed by atoms with Crippen LogP contribution in [-0.2, 0) is 12.8 Å². The number of hydrogen-bond donors (Lipinski definition) is 2. The number of benzene rings is 1. The van der Waals surface area contributed by atoms with E-state index in [0.717, 1.165) is 75.3 Å². The van der Waals surface area contributed by atoms with Gasteiger partial charge in [-0.1, -0.05) is 24.6 Å². The molecule has 1 aliphatic rings. The maximum atomic E-state index is 11.9. The predicted molar refractivity (Wildman–Crippen MR) is 152 cm³/mol. The van der Waals surface area contributed by atoms with Crippen molar-refractivity contribution in [3.63, 3.8) is 0 Å². The number of nitrogens with zero attached hydrogens (tertiary/aromatic N) is 4. The third-order valence-electron chi connectivity index (χ3n) is 6.50. The summed E-state index contributed by atoms with van der Waals surface area (Å²) in [5.41, 5.74) is 4.16. The maximum absolute atomic E-state index is 11.9. The number of pyridine rings is 1. The molecule has 9 heteroatoms. The normalized spacial score (nSPS) is 13.8. The number of aromatic amines is 1. The molecule has 0 spiro atoms. The number of thiazole rings is 1. The molecule has 0 atom stereocenters. The number of rotatable bonds is 10. The highest BCUT2D eigenvalue weighted by Crippen LogP contribution is 2.36. The van der Waals surface area contributed by atoms with E-state index in [1.54, 1.807) is 29.8 Å². The number of hydrogen-bond acceptors (Lipinski definition) is 7. The topological polar surface area (TPSA) is 86.8 Å². The second-order valence-corrected chi connectivity index (χ2v) is 10.8. The molecule has 0 amide bonds. The highest BCUT2D eigenvalue weighted by atomic mass is 35.5. The van der Waals surface area contributed by atoms with Crippen molar-refractivity contribution >= 4 is 34.6 Å². The largest absolute Gasteiger partial charge is 0.329 e. The van der Waals surface area contributed by atoms with E-state index in [0.29, 0.717) is 5.95 Å². The molecule has 0 saturated carbocycles. The summed E-state index contributed by atoms with van der Waals surface area (Å²) in [4.78, 5) is 32.1. The summed E-state index contributed by atoms with van der Waals surface area (Å²) < 4.78 is 0. The van der Waals surface area contributed by atoms with Crippen LogP contribution in [0.4, 0.5) is 11.6 Å². The van der Waals surface area contributed by atoms with Crippen molar-refractivity contribution in [1.29, 1.82) is 0 Å². The number of halogens is 1. The van der Waals surface area contributed by atoms with Crippen LogP contribution >= 0.6 is 22.9 Å². The van der Waals surface area contributed by atoms with Gasteiger partial charge in [-0.05, 0) is 88.0 Å². The first-order valence-electron chi connectivity index (χ1n) is 12.9. The number of likely N-dealkylation sites (tertiary alicyclic amines) is 1. The molecule has 0 radical (unpaired) electrons. The van der Waals surface area contributed by atoms with Crippen molar-refractivity contribution < 1.29 is 0 Å². The number of H-pyrrole nitrogens is 1. The lowest BCUT2D eigenvalue weighted by Gasteiger charge is -2.14. The van der Waals surface area contributed by atoms with Gasteiger partial charge in [0.2, 0.25) is 11.5 Å². The third kappa shape index (κ3) is 6.44. The number of nitrogens with one attached hydrogen (secondary N) is 2. The van der Waals surface area contributed by atoms with Gasteiger partial charge in [-0.3, -0.25) is 4.79 Å². The number of aromatic nitrogens is 4. The molecule has 3 aromatic heterocycles. The average molecular weight is 535 g/mol. The number of anilines is 2. The Morgan fingerprint density at radius 1 is 1.11 bits per heavy atom. The van der Waals surface area contributed by atoms with E-state index in [-0.39, 0.29) is 5.56 Å². The van der Waals surface area contributed by atoms with Crippen LogP contribution < -0.4 is 10.9 Å². The quantitative estimate of drug-likeness (QED) is 0.247. The molecule has 1 saturated heterocycles. The summed E-state index contributed by atoms with van der Waals surface area (Å²) in [7, 11) is 0. The van der Waals surface area contributed by atoms with Crippen LogP contribution in [-0.4, -0.2) is 44.5 Å². The minimum Gasteiger partial charge on any atom is -0.329 e. The van der Waals surface area contributed by atoms with Crippen LogP contribution in [0.25, 0.3) is 21.8 Å². The average Bonchev–Trinajstić information content (AvgIpc) is 3.56. The Morgan fingerprint density at radius 2 is 1.97 bits per heavy atom. The zero-order valence-corrected chi connectivity index (χ0v) is 22.5. The van der Waals surface area contributed by atoms with Gasteiger partial charge in [0.25, 0.3) is 0 Å². The van der Waals surface area contributed by atoms with Gasteiger partial charge in [0.15, 0.2) is 0 Å². The molecule has 2 N–H and O–H groups in total. The van der Waals surface area contributed by atoms with Gasteiger partial charge in [0.1, 0.15) is 0 Å². The van der Waals surface area contributed by atoms with E-state index < -0.39 is 0 Å². The molecule has 1 aliphatic heterocycles. The highest BCUT2D eigenvalue weighted by molar-refractivity contribution is 7.15. The van der Waals surface area contributed by atoms with Crippen LogP contribution in [0.2, 0.25) is 5.02 Å². The third-order valence-corrected chi connectivity index (χ3v) is 7.99. The lowest BCUT2D eigenvalue weighted by atomic mass is 10.1. The van der Waals surface area contributed by atoms with Crippen molar-refractivity contribution in [2.24, 2.45) is 0 Å². The summed E-state index contributed by atoms with van der Waals surface area (Å²) in [5, 5.41) is 5.07. The Morgan fingerprint density at radius 3 is 2.76 bits per heavy atom. The van der Waals surface area contributed by atoms with Crippen LogP contribution in [0.15, 0.2) is 53.6 Å². The molecular formula is C28H31ClN6OS. The molecule has 0 aliphatic carbocycles. The summed E-state index contributed by atoms with van der Waals surface area (Å²) in [6.07, 6.45) is 9.97. The second kappa shape index (κ2) is 12.0. The van der Waals surface area contributed by atoms with Gasteiger partial charge in [-0.15, -0.1) is 11.3 Å². The van der Waals surface area contributed by atoms with Gasteiger partial charge in [-0.25, -0.2) is 15.0 Å². The molecule has 1 fully saturated rings. The van der Waals surface area contributed by atoms with E-state index in [4.69, 9.17) is 21.6 Å². The van der Waals surface area contributed by atoms with E-state index in [1.165, 1.54) is 25.9 Å². The van der Waals surface area contributed by atoms with Crippen molar-refractivity contribution in [3.05, 3.63) is 74.7 Å². The molecule has 1 aromatic carbocycles. The lowest BCUT2D eigenvalue weighted by molar-refractivity contribution is 0.334. The highest BCUT2D eigenvalue weighted by Gasteiger charge is 2.17. The molecular weight excluding hydrogens is 504 g/mol. The summed E-state index contributed by atoms with van der Waals surface area (Å²) in [6, 6.07) is 11.4. The molecule has 5 rings (SSSR count). The summed E-state index contributed by atoms with van der Waals surface area (Å²) in [5.74, 6) is 0.484. The fourth-order valence-electron chi connectivity index (χ4n) is 4.65. The first kappa shape index (κ1) is 25.6. The monoisotopic (exact) mass is 534 g/mol. The number of aryl methyl sites for hydroxylation is 2. The molecule has 0 unspecified atom stereocenters. The molecule has 192 valence electrons. The fourth-order valence-corrected chi connectivity index (χ4v) is 6.08. The lowest BCUT2D eigenvalue weighted by Crippen LogP contribution is -2.20. The maximum Gasteiger partial charge on any atom is 0.248 e. The predicted octanol–water partition coefficient (Wildman–Crippen LogP) is 6.33. The van der Waals surface area contributed by atoms with Crippen LogP contribution in [0.5, 0.6) is 0 Å². The minimum absolute atomic E-state index is 0.157. The minimum atomic E-state index is -0.157. The van der Waals surface area contributed by atoms with Gasteiger partial charge >= 0.3 is 0 Å². The fraction of sp³-hybridized carbons (Fsp3) is 0.357. The Labute approximate surface area is 226 Å². The molecule has 7 nitrogen and oxygen atoms in total. The van der Waals surface area contributed by atoms with E-state index in [2.05, 4.69) is 33.2 Å². The Bertz CT molecular complexity index is 1410. The van der Waals surface area contributed by atoms with E-state index >= 15 is 0 Å². The van der Waals surface area contributed by atoms with Crippen LogP contribution in [0.1, 0.15) is 43.2 Å². The van der Waals surface area contributed by atoms with Gasteiger partial charge in [0.05, 0.1) is 21.3 Å². The zero-order valence-electron chi connectivity index (χ0n) is 21.0. The van der Waals surface area contributed by atoms with Crippen molar-refractivity contribution in [2.75, 3.05) is 25.0 Å². The van der Waals surface area contributed by atoms with E-state index in [9.17, 15) is 4.79 Å². The van der Waals surface area contributed by atoms with Gasteiger partial charge < -0.3 is 15.2 Å². The van der Waals surface area contributed by atoms with Crippen molar-refractivity contribution in [3.8, 4) is 21.8 Å². The Kier molecular flexibility index (Phi) is 8.28. The zero-order chi connectivity index (χ0) is 25.6. The summed E-state index contributed by atoms with van der Waals surface area (Å²) >= 11 is 8.23. The smallest absolute Gasteiger partial charge is 0.248 e. The molecule has 0 bridgehead atoms. The molecule has 4 aromatic rings. The van der Waals surface area contributed by atoms with E-state index in [1.807, 2.05) is 24.3 Å². The SMILES string of the molecule is CCCc1nc(-c2cc[nH]c(=O)c2)c(-c2ccnc(Nc3ccc(CCCN4CCCC4)c(Cl)c3)n2)s1. The van der Waals surface area contributed by atoms with Gasteiger partial charge in [-0.2, -0.15) is 0 Å². The Balaban J connectivity index is 1.33. The second-order valence-electron chi connectivity index (χ2n) is 9.33. The van der Waals surface area contributed by atoms with Crippen LogP contribution in [0.3, 0.4) is 0 Å². The first-order chi connectivity index (χ1) is 18.1. The summed E-state index contributed by atoms with van der Waals surface area (Å²) in [6.45, 7) is 5.71.